The summed E-state index contributed by atoms with van der Waals surface area (Å²) in [7, 11) is 0. The van der Waals surface area contributed by atoms with Gasteiger partial charge < -0.3 is 5.73 Å². The molecule has 0 saturated heterocycles. The molecule has 4 rings (SSSR count). The molecule has 0 aliphatic heterocycles. The number of pyridine rings is 1. The lowest BCUT2D eigenvalue weighted by Crippen LogP contribution is -2.25. The summed E-state index contributed by atoms with van der Waals surface area (Å²) in [6, 6.07) is 5.63. The summed E-state index contributed by atoms with van der Waals surface area (Å²) in [6.45, 7) is 0. The molecule has 23 heavy (non-hydrogen) atoms. The van der Waals surface area contributed by atoms with Crippen LogP contribution in [-0.2, 0) is 6.42 Å². The topological polar surface area (TPSA) is 86.7 Å². The molecule has 1 aliphatic rings. The van der Waals surface area contributed by atoms with Crippen molar-refractivity contribution < 1.29 is 4.79 Å². The Hall–Kier alpha value is -2.54. The first kappa shape index (κ1) is 14.1. The van der Waals surface area contributed by atoms with Gasteiger partial charge in [-0.1, -0.05) is 0 Å². The van der Waals surface area contributed by atoms with Crippen molar-refractivity contribution in [3.63, 3.8) is 0 Å². The Morgan fingerprint density at radius 2 is 2.13 bits per heavy atom. The zero-order valence-electron chi connectivity index (χ0n) is 12.3. The van der Waals surface area contributed by atoms with Crippen LogP contribution in [0, 0.1) is 0 Å². The highest BCUT2D eigenvalue weighted by Crippen LogP contribution is 2.36. The van der Waals surface area contributed by atoms with E-state index in [1.54, 1.807) is 35.9 Å². The van der Waals surface area contributed by atoms with Gasteiger partial charge in [0.05, 0.1) is 5.92 Å². The van der Waals surface area contributed by atoms with E-state index in [9.17, 15) is 4.79 Å². The van der Waals surface area contributed by atoms with Crippen LogP contribution in [0.1, 0.15) is 34.0 Å². The zero-order chi connectivity index (χ0) is 15.8. The van der Waals surface area contributed by atoms with Gasteiger partial charge in [0.15, 0.2) is 5.82 Å². The van der Waals surface area contributed by atoms with Crippen LogP contribution in [0.3, 0.4) is 0 Å². The van der Waals surface area contributed by atoms with E-state index >= 15 is 0 Å². The first-order valence-electron chi connectivity index (χ1n) is 7.47. The van der Waals surface area contributed by atoms with Crippen molar-refractivity contribution in [1.82, 2.24) is 19.7 Å². The third-order valence-corrected chi connectivity index (χ3v) is 5.13. The van der Waals surface area contributed by atoms with Crippen LogP contribution < -0.4 is 5.73 Å². The first-order chi connectivity index (χ1) is 11.2. The maximum Gasteiger partial charge on any atom is 0.257 e. The van der Waals surface area contributed by atoms with Gasteiger partial charge in [0.1, 0.15) is 0 Å². The lowest BCUT2D eigenvalue weighted by Gasteiger charge is -2.21. The molecule has 0 spiro atoms. The van der Waals surface area contributed by atoms with Crippen LogP contribution >= 0.6 is 11.3 Å². The van der Waals surface area contributed by atoms with Crippen LogP contribution in [0.4, 0.5) is 5.95 Å². The highest BCUT2D eigenvalue weighted by Gasteiger charge is 2.30. The van der Waals surface area contributed by atoms with Crippen molar-refractivity contribution in [2.75, 3.05) is 5.73 Å². The number of aromatic nitrogens is 4. The number of nitrogens with two attached hydrogens (primary N) is 1. The third-order valence-electron chi connectivity index (χ3n) is 4.13. The summed E-state index contributed by atoms with van der Waals surface area (Å²) in [5, 5.41) is 6.36. The molecule has 6 nitrogen and oxygen atoms in total. The number of rotatable bonds is 2. The minimum Gasteiger partial charge on any atom is -0.368 e. The van der Waals surface area contributed by atoms with Crippen molar-refractivity contribution in [3.05, 3.63) is 46.4 Å². The normalized spacial score (nSPS) is 17.0. The number of aryl methyl sites for hydroxylation is 1. The van der Waals surface area contributed by atoms with E-state index < -0.39 is 0 Å². The fourth-order valence-corrected chi connectivity index (χ4v) is 3.99. The van der Waals surface area contributed by atoms with Crippen LogP contribution in [-0.4, -0.2) is 25.7 Å². The summed E-state index contributed by atoms with van der Waals surface area (Å²) >= 11 is 1.71. The van der Waals surface area contributed by atoms with E-state index in [1.165, 1.54) is 9.56 Å². The van der Waals surface area contributed by atoms with Crippen LogP contribution in [0.15, 0.2) is 36.0 Å². The lowest BCUT2D eigenvalue weighted by atomic mass is 9.87. The molecule has 7 heteroatoms. The largest absolute Gasteiger partial charge is 0.368 e. The maximum absolute atomic E-state index is 12.9. The van der Waals surface area contributed by atoms with Gasteiger partial charge in [0.2, 0.25) is 5.95 Å². The average Bonchev–Trinajstić information content (AvgIpc) is 3.21. The summed E-state index contributed by atoms with van der Waals surface area (Å²) in [5.41, 5.74) is 7.84. The molecule has 0 aromatic carbocycles. The fourth-order valence-electron chi connectivity index (χ4n) is 3.00. The number of nitrogen functional groups attached to an aromatic ring is 1. The molecule has 116 valence electrons. The molecule has 2 N–H and O–H groups in total. The fraction of sp³-hybridized carbons (Fsp3) is 0.250. The predicted octanol–water partition coefficient (Wildman–Crippen LogP) is 2.74. The standard InChI is InChI=1S/C16H15N5OS/c17-16-19-14(10-4-7-18-8-5-10)20-21(16)15(22)12-2-1-3-13-11(12)6-9-23-13/h4-9,12H,1-3H2,(H2,17,19,20). The molecule has 0 saturated carbocycles. The molecule has 3 heterocycles. The number of carbonyl (C=O) groups is 1. The quantitative estimate of drug-likeness (QED) is 0.783. The van der Waals surface area contributed by atoms with E-state index in [4.69, 9.17) is 5.73 Å². The second-order valence-electron chi connectivity index (χ2n) is 5.52. The van der Waals surface area contributed by atoms with Gasteiger partial charge in [-0.3, -0.25) is 9.78 Å². The van der Waals surface area contributed by atoms with Gasteiger partial charge in [-0.15, -0.1) is 16.4 Å². The molecule has 1 atom stereocenters. The second kappa shape index (κ2) is 5.58. The third kappa shape index (κ3) is 2.43. The average molecular weight is 325 g/mol. The molecule has 0 radical (unpaired) electrons. The Kier molecular flexibility index (Phi) is 3.42. The SMILES string of the molecule is Nc1nc(-c2ccncc2)nn1C(=O)C1CCCc2sccc21. The van der Waals surface area contributed by atoms with Crippen molar-refractivity contribution in [2.45, 2.75) is 25.2 Å². The molecule has 0 bridgehead atoms. The minimum absolute atomic E-state index is 0.102. The van der Waals surface area contributed by atoms with Crippen molar-refractivity contribution in [2.24, 2.45) is 0 Å². The number of fused-ring (bicyclic) bond motifs is 1. The Labute approximate surface area is 137 Å². The van der Waals surface area contributed by atoms with E-state index in [0.29, 0.717) is 5.82 Å². The van der Waals surface area contributed by atoms with E-state index in [-0.39, 0.29) is 17.8 Å². The van der Waals surface area contributed by atoms with Crippen LogP contribution in [0.25, 0.3) is 11.4 Å². The molecule has 3 aromatic heterocycles. The van der Waals surface area contributed by atoms with E-state index in [0.717, 1.165) is 30.4 Å². The van der Waals surface area contributed by atoms with Crippen molar-refractivity contribution in [1.29, 1.82) is 0 Å². The molecule has 0 amide bonds. The molecule has 1 unspecified atom stereocenters. The second-order valence-corrected chi connectivity index (χ2v) is 6.52. The summed E-state index contributed by atoms with van der Waals surface area (Å²) in [6.07, 6.45) is 6.20. The predicted molar refractivity (Wildman–Crippen MR) is 88.3 cm³/mol. The Bertz CT molecular complexity index is 854. The van der Waals surface area contributed by atoms with Gasteiger partial charge in [0, 0.05) is 22.8 Å². The van der Waals surface area contributed by atoms with Gasteiger partial charge >= 0.3 is 0 Å². The lowest BCUT2D eigenvalue weighted by molar-refractivity contribution is 0.0855. The molecule has 0 fully saturated rings. The highest BCUT2D eigenvalue weighted by molar-refractivity contribution is 7.10. The summed E-state index contributed by atoms with van der Waals surface area (Å²) in [5.74, 6) is 0.290. The van der Waals surface area contributed by atoms with Gasteiger partial charge in [-0.25, -0.2) is 0 Å². The van der Waals surface area contributed by atoms with Crippen LogP contribution in [0.5, 0.6) is 0 Å². The smallest absolute Gasteiger partial charge is 0.257 e. The van der Waals surface area contributed by atoms with Crippen molar-refractivity contribution >= 4 is 23.2 Å². The summed E-state index contributed by atoms with van der Waals surface area (Å²) in [4.78, 5) is 22.4. The molecule has 3 aromatic rings. The Balaban J connectivity index is 1.70. The monoisotopic (exact) mass is 325 g/mol. The molecular formula is C16H15N5OS. The van der Waals surface area contributed by atoms with Gasteiger partial charge in [-0.05, 0) is 48.4 Å². The summed E-state index contributed by atoms with van der Waals surface area (Å²) < 4.78 is 1.24. The Morgan fingerprint density at radius 1 is 1.30 bits per heavy atom. The first-order valence-corrected chi connectivity index (χ1v) is 8.35. The number of nitrogens with zero attached hydrogens (tertiary/aromatic N) is 4. The maximum atomic E-state index is 12.9. The van der Waals surface area contributed by atoms with Gasteiger partial charge in [-0.2, -0.15) is 9.67 Å². The number of anilines is 1. The number of hydrogen-bond donors (Lipinski definition) is 1. The number of thiophene rings is 1. The van der Waals surface area contributed by atoms with E-state index in [2.05, 4.69) is 15.1 Å². The number of carbonyl (C=O) groups excluding carboxylic acids is 1. The van der Waals surface area contributed by atoms with Crippen molar-refractivity contribution in [3.8, 4) is 11.4 Å². The van der Waals surface area contributed by atoms with Gasteiger partial charge in [0.25, 0.3) is 5.91 Å². The minimum atomic E-state index is -0.181. The van der Waals surface area contributed by atoms with Crippen LogP contribution in [0.2, 0.25) is 0 Å². The Morgan fingerprint density at radius 3 is 2.96 bits per heavy atom. The highest BCUT2D eigenvalue weighted by atomic mass is 32.1. The molecule has 1 aliphatic carbocycles. The number of hydrogen-bond acceptors (Lipinski definition) is 6. The molecular weight excluding hydrogens is 310 g/mol. The van der Waals surface area contributed by atoms with E-state index in [1.807, 2.05) is 11.4 Å². The zero-order valence-corrected chi connectivity index (χ0v) is 13.2.